The van der Waals surface area contributed by atoms with Crippen molar-refractivity contribution in [1.82, 2.24) is 0 Å². The number of ether oxygens (including phenoxy) is 2. The van der Waals surface area contributed by atoms with Gasteiger partial charge < -0.3 is 9.47 Å². The van der Waals surface area contributed by atoms with Gasteiger partial charge in [0.1, 0.15) is 18.8 Å². The van der Waals surface area contributed by atoms with Crippen molar-refractivity contribution in [2.45, 2.75) is 48.0 Å². The number of carbonyl (C=O) groups excluding carboxylic acids is 2. The minimum absolute atomic E-state index is 0.0449. The van der Waals surface area contributed by atoms with Crippen molar-refractivity contribution in [1.29, 1.82) is 0 Å². The highest BCUT2D eigenvalue weighted by atomic mass is 16.6. The van der Waals surface area contributed by atoms with Gasteiger partial charge in [-0.15, -0.1) is 0 Å². The van der Waals surface area contributed by atoms with E-state index in [0.29, 0.717) is 6.42 Å². The van der Waals surface area contributed by atoms with E-state index in [0.717, 1.165) is 0 Å². The minimum Gasteiger partial charge on any atom is -0.462 e. The molecule has 1 rings (SSSR count). The molecule has 0 radical (unpaired) electrons. The lowest BCUT2D eigenvalue weighted by atomic mass is 9.69. The fourth-order valence-electron chi connectivity index (χ4n) is 2.93. The molecule has 0 aliphatic heterocycles. The van der Waals surface area contributed by atoms with Gasteiger partial charge in [-0.2, -0.15) is 0 Å². The van der Waals surface area contributed by atoms with Gasteiger partial charge in [-0.25, -0.2) is 4.79 Å². The molecule has 7 heteroatoms. The molecule has 0 aliphatic rings. The van der Waals surface area contributed by atoms with Crippen LogP contribution in [0.3, 0.4) is 0 Å². The van der Waals surface area contributed by atoms with Crippen LogP contribution >= 0.6 is 0 Å². The van der Waals surface area contributed by atoms with Crippen LogP contribution in [0, 0.1) is 26.9 Å². The second kappa shape index (κ2) is 8.97. The summed E-state index contributed by atoms with van der Waals surface area (Å²) in [7, 11) is 0. The van der Waals surface area contributed by atoms with Crippen LogP contribution in [-0.4, -0.2) is 30.1 Å². The molecule has 0 bridgehead atoms. The zero-order chi connectivity index (χ0) is 20.8. The Morgan fingerprint density at radius 3 is 2.15 bits per heavy atom. The Bertz CT molecular complexity index is 692. The molecule has 0 saturated heterocycles. The fraction of sp³-hybridized carbons (Fsp3) is 0.600. The van der Waals surface area contributed by atoms with Crippen LogP contribution in [0.5, 0.6) is 0 Å². The Morgan fingerprint density at radius 2 is 1.63 bits per heavy atom. The molecule has 0 aliphatic carbocycles. The summed E-state index contributed by atoms with van der Waals surface area (Å²) in [4.78, 5) is 35.0. The standard InChI is InChI=1S/C20H29NO6/c1-14(2)20(6,13-19(3,4)5)18(23)27-12-11-26-17(22)15-9-7-8-10-16(15)21(24)25/h7-10,14H,11-13H2,1-6H3. The summed E-state index contributed by atoms with van der Waals surface area (Å²) in [5, 5.41) is 11.0. The van der Waals surface area contributed by atoms with E-state index in [4.69, 9.17) is 9.47 Å². The summed E-state index contributed by atoms with van der Waals surface area (Å²) in [6.07, 6.45) is 0.659. The summed E-state index contributed by atoms with van der Waals surface area (Å²) in [5.41, 5.74) is -1.15. The highest BCUT2D eigenvalue weighted by Gasteiger charge is 2.41. The van der Waals surface area contributed by atoms with Gasteiger partial charge in [-0.05, 0) is 30.7 Å². The van der Waals surface area contributed by atoms with Crippen molar-refractivity contribution in [3.8, 4) is 0 Å². The van der Waals surface area contributed by atoms with Gasteiger partial charge in [0.15, 0.2) is 0 Å². The molecule has 7 nitrogen and oxygen atoms in total. The highest BCUT2D eigenvalue weighted by molar-refractivity contribution is 5.93. The van der Waals surface area contributed by atoms with Crippen LogP contribution in [0.25, 0.3) is 0 Å². The topological polar surface area (TPSA) is 95.7 Å². The number of hydrogen-bond acceptors (Lipinski definition) is 6. The second-order valence-corrected chi connectivity index (χ2v) is 8.36. The van der Waals surface area contributed by atoms with E-state index in [9.17, 15) is 19.7 Å². The third-order valence-corrected chi connectivity index (χ3v) is 4.51. The van der Waals surface area contributed by atoms with E-state index in [2.05, 4.69) is 20.8 Å². The maximum Gasteiger partial charge on any atom is 0.345 e. The molecule has 1 unspecified atom stereocenters. The second-order valence-electron chi connectivity index (χ2n) is 8.36. The lowest BCUT2D eigenvalue weighted by Gasteiger charge is -2.36. The SMILES string of the molecule is CC(C)C(C)(CC(C)(C)C)C(=O)OCCOC(=O)c1ccccc1[N+](=O)[O-]. The summed E-state index contributed by atoms with van der Waals surface area (Å²) in [6.45, 7) is 11.8. The number of nitro groups is 1. The van der Waals surface area contributed by atoms with Gasteiger partial charge in [0.25, 0.3) is 5.69 Å². The molecule has 1 aromatic carbocycles. The van der Waals surface area contributed by atoms with Crippen molar-refractivity contribution >= 4 is 17.6 Å². The number of benzene rings is 1. The summed E-state index contributed by atoms with van der Waals surface area (Å²) in [5.74, 6) is -1.08. The molecular formula is C20H29NO6. The smallest absolute Gasteiger partial charge is 0.345 e. The number of para-hydroxylation sites is 1. The average Bonchev–Trinajstić information content (AvgIpc) is 2.56. The lowest BCUT2D eigenvalue weighted by molar-refractivity contribution is -0.385. The lowest BCUT2D eigenvalue weighted by Crippen LogP contribution is -2.39. The Morgan fingerprint density at radius 1 is 1.07 bits per heavy atom. The third-order valence-electron chi connectivity index (χ3n) is 4.51. The van der Waals surface area contributed by atoms with Crippen LogP contribution < -0.4 is 0 Å². The number of nitro benzene ring substituents is 1. The molecule has 1 aromatic rings. The Balaban J connectivity index is 2.64. The normalized spacial score (nSPS) is 13.7. The molecule has 1 atom stereocenters. The number of esters is 2. The van der Waals surface area contributed by atoms with E-state index in [1.807, 2.05) is 20.8 Å². The van der Waals surface area contributed by atoms with Crippen molar-refractivity contribution in [3.05, 3.63) is 39.9 Å². The molecule has 27 heavy (non-hydrogen) atoms. The van der Waals surface area contributed by atoms with Gasteiger partial charge in [-0.3, -0.25) is 14.9 Å². The average molecular weight is 379 g/mol. The molecule has 0 heterocycles. The van der Waals surface area contributed by atoms with Crippen molar-refractivity contribution in [2.24, 2.45) is 16.7 Å². The van der Waals surface area contributed by atoms with Gasteiger partial charge in [0, 0.05) is 6.07 Å². The Hall–Kier alpha value is -2.44. The zero-order valence-corrected chi connectivity index (χ0v) is 16.9. The highest BCUT2D eigenvalue weighted by Crippen LogP contribution is 2.40. The van der Waals surface area contributed by atoms with Crippen molar-refractivity contribution in [3.63, 3.8) is 0 Å². The van der Waals surface area contributed by atoms with E-state index in [1.165, 1.54) is 24.3 Å². The van der Waals surface area contributed by atoms with Crippen molar-refractivity contribution in [2.75, 3.05) is 13.2 Å². The maximum absolute atomic E-state index is 12.6. The maximum atomic E-state index is 12.6. The monoisotopic (exact) mass is 379 g/mol. The Labute approximate surface area is 160 Å². The third kappa shape index (κ3) is 6.34. The molecule has 0 fully saturated rings. The van der Waals surface area contributed by atoms with Gasteiger partial charge in [0.05, 0.1) is 10.3 Å². The van der Waals surface area contributed by atoms with E-state index < -0.39 is 16.3 Å². The first-order chi connectivity index (χ1) is 12.4. The molecule has 0 N–H and O–H groups in total. The molecular weight excluding hydrogens is 350 g/mol. The molecule has 0 spiro atoms. The van der Waals surface area contributed by atoms with Gasteiger partial charge in [0.2, 0.25) is 0 Å². The quantitative estimate of drug-likeness (QED) is 0.288. The van der Waals surface area contributed by atoms with Crippen molar-refractivity contribution < 1.29 is 24.0 Å². The summed E-state index contributed by atoms with van der Waals surface area (Å²) in [6, 6.07) is 5.55. The van der Waals surface area contributed by atoms with Crippen LogP contribution in [-0.2, 0) is 14.3 Å². The number of nitrogens with zero attached hydrogens (tertiary/aromatic N) is 1. The van der Waals surface area contributed by atoms with E-state index in [-0.39, 0.29) is 41.8 Å². The zero-order valence-electron chi connectivity index (χ0n) is 16.9. The molecule has 0 saturated carbocycles. The first-order valence-electron chi connectivity index (χ1n) is 8.96. The van der Waals surface area contributed by atoms with Crippen LogP contribution in [0.2, 0.25) is 0 Å². The predicted octanol–water partition coefficient (Wildman–Crippen LogP) is 4.39. The fourth-order valence-corrected chi connectivity index (χ4v) is 2.93. The van der Waals surface area contributed by atoms with Crippen LogP contribution in [0.4, 0.5) is 5.69 Å². The predicted molar refractivity (Wildman–Crippen MR) is 101 cm³/mol. The van der Waals surface area contributed by atoms with Crippen LogP contribution in [0.15, 0.2) is 24.3 Å². The minimum atomic E-state index is -0.820. The van der Waals surface area contributed by atoms with Gasteiger partial charge in [-0.1, -0.05) is 46.8 Å². The van der Waals surface area contributed by atoms with E-state index >= 15 is 0 Å². The number of rotatable bonds is 8. The summed E-state index contributed by atoms with van der Waals surface area (Å²) < 4.78 is 10.4. The molecule has 0 amide bonds. The Kier molecular flexibility index (Phi) is 7.51. The van der Waals surface area contributed by atoms with Crippen LogP contribution in [0.1, 0.15) is 58.3 Å². The first-order valence-corrected chi connectivity index (χ1v) is 8.96. The molecule has 150 valence electrons. The number of hydrogen-bond donors (Lipinski definition) is 0. The van der Waals surface area contributed by atoms with Gasteiger partial charge >= 0.3 is 11.9 Å². The summed E-state index contributed by atoms with van der Waals surface area (Å²) >= 11 is 0. The number of carbonyl (C=O) groups is 2. The largest absolute Gasteiger partial charge is 0.462 e. The first kappa shape index (κ1) is 22.6. The molecule has 0 aromatic heterocycles. The van der Waals surface area contributed by atoms with E-state index in [1.54, 1.807) is 0 Å².